The molecule has 0 aromatic heterocycles. The van der Waals surface area contributed by atoms with Crippen molar-refractivity contribution in [2.24, 2.45) is 0 Å². The maximum Gasteiger partial charge on any atom is 0.298 e. The van der Waals surface area contributed by atoms with Gasteiger partial charge in [-0.2, -0.15) is 12.1 Å². The molecular formula is C14H16FeO2-6. The van der Waals surface area contributed by atoms with E-state index >= 15 is 0 Å². The SMILES string of the molecule is CCOC(=O)C[c-]1cccc1.[Fe].[cH-]1[cH-][cH-][cH-][cH-]1. The molecule has 0 atom stereocenters. The van der Waals surface area contributed by atoms with Crippen LogP contribution in [0.25, 0.3) is 0 Å². The van der Waals surface area contributed by atoms with Crippen molar-refractivity contribution in [3.8, 4) is 0 Å². The number of hydrogen-bond donors (Lipinski definition) is 0. The smallest absolute Gasteiger partial charge is 0.298 e. The van der Waals surface area contributed by atoms with Crippen molar-refractivity contribution in [1.29, 1.82) is 0 Å². The van der Waals surface area contributed by atoms with Crippen LogP contribution in [0.4, 0.5) is 0 Å². The van der Waals surface area contributed by atoms with Gasteiger partial charge in [-0.05, 0) is 6.92 Å². The third-order valence-electron chi connectivity index (χ3n) is 1.94. The second kappa shape index (κ2) is 9.88. The predicted octanol–water partition coefficient (Wildman–Crippen LogP) is 2.91. The first-order valence-corrected chi connectivity index (χ1v) is 5.36. The Morgan fingerprint density at radius 1 is 1.12 bits per heavy atom. The monoisotopic (exact) mass is 272 g/mol. The standard InChI is InChI=1S/C9H11O2.C5H5.Fe/c1-2-11-9(10)7-8-5-3-4-6-8;1-2-4-5-3-1;/h3-6H,2,7H2,1H3;1-5H;/q-1;-5;. The minimum atomic E-state index is -0.154. The molecule has 0 saturated heterocycles. The van der Waals surface area contributed by atoms with Gasteiger partial charge in [0, 0.05) is 23.5 Å². The van der Waals surface area contributed by atoms with Crippen LogP contribution in [0.15, 0.2) is 54.6 Å². The van der Waals surface area contributed by atoms with E-state index in [0.717, 1.165) is 5.56 Å². The summed E-state index contributed by atoms with van der Waals surface area (Å²) in [6.45, 7) is 2.27. The number of carbonyl (C=O) groups excluding carboxylic acids is 1. The molecule has 0 amide bonds. The molecule has 0 heterocycles. The quantitative estimate of drug-likeness (QED) is 0.488. The summed E-state index contributed by atoms with van der Waals surface area (Å²) in [6, 6.07) is 17.6. The third-order valence-corrected chi connectivity index (χ3v) is 1.94. The molecule has 0 saturated carbocycles. The Labute approximate surface area is 113 Å². The van der Waals surface area contributed by atoms with Crippen LogP contribution in [0.2, 0.25) is 0 Å². The fourth-order valence-corrected chi connectivity index (χ4v) is 1.23. The molecule has 0 aliphatic heterocycles. The van der Waals surface area contributed by atoms with Crippen molar-refractivity contribution in [2.45, 2.75) is 13.3 Å². The van der Waals surface area contributed by atoms with E-state index in [1.165, 1.54) is 0 Å². The predicted molar refractivity (Wildman–Crippen MR) is 64.4 cm³/mol. The average molecular weight is 272 g/mol. The zero-order valence-electron chi connectivity index (χ0n) is 9.78. The van der Waals surface area contributed by atoms with Gasteiger partial charge in [0.1, 0.15) is 0 Å². The van der Waals surface area contributed by atoms with Crippen LogP contribution in [0.1, 0.15) is 12.5 Å². The van der Waals surface area contributed by atoms with Crippen LogP contribution in [-0.4, -0.2) is 12.6 Å². The zero-order chi connectivity index (χ0) is 11.6. The third kappa shape index (κ3) is 7.56. The first kappa shape index (κ1) is 15.7. The van der Waals surface area contributed by atoms with Gasteiger partial charge in [0.15, 0.2) is 0 Å². The first-order chi connectivity index (χ1) is 7.83. The van der Waals surface area contributed by atoms with Crippen LogP contribution >= 0.6 is 0 Å². The molecule has 2 nitrogen and oxygen atoms in total. The van der Waals surface area contributed by atoms with Gasteiger partial charge in [-0.3, -0.25) is 4.79 Å². The van der Waals surface area contributed by atoms with Gasteiger partial charge in [-0.1, -0.05) is 0 Å². The molecule has 17 heavy (non-hydrogen) atoms. The number of carbonyl (C=O) groups is 1. The topological polar surface area (TPSA) is 26.3 Å². The molecule has 0 fully saturated rings. The number of ether oxygens (including phenoxy) is 1. The van der Waals surface area contributed by atoms with Gasteiger partial charge in [0.05, 0.1) is 6.61 Å². The van der Waals surface area contributed by atoms with Crippen LogP contribution in [-0.2, 0) is 33.0 Å². The summed E-state index contributed by atoms with van der Waals surface area (Å²) in [5.74, 6) is -0.154. The molecule has 0 spiro atoms. The van der Waals surface area contributed by atoms with Crippen LogP contribution in [0.3, 0.4) is 0 Å². The molecule has 2 rings (SSSR count). The number of rotatable bonds is 3. The van der Waals surface area contributed by atoms with Crippen LogP contribution in [0, 0.1) is 0 Å². The van der Waals surface area contributed by atoms with E-state index in [2.05, 4.69) is 0 Å². The van der Waals surface area contributed by atoms with Crippen molar-refractivity contribution in [2.75, 3.05) is 6.61 Å². The van der Waals surface area contributed by atoms with E-state index in [1.807, 2.05) is 61.5 Å². The molecule has 2 aromatic carbocycles. The van der Waals surface area contributed by atoms with Gasteiger partial charge in [0.25, 0.3) is 5.97 Å². The Balaban J connectivity index is 0.000000360. The summed E-state index contributed by atoms with van der Waals surface area (Å²) in [5, 5.41) is 0. The minimum Gasteiger partial charge on any atom is -0.748 e. The average Bonchev–Trinajstić information content (AvgIpc) is 2.92. The first-order valence-electron chi connectivity index (χ1n) is 5.36. The number of esters is 1. The molecule has 0 bridgehead atoms. The minimum absolute atomic E-state index is 0. The molecule has 0 N–H and O–H groups in total. The van der Waals surface area contributed by atoms with E-state index in [-0.39, 0.29) is 23.0 Å². The summed E-state index contributed by atoms with van der Waals surface area (Å²) in [5.41, 5.74) is 1.02. The summed E-state index contributed by atoms with van der Waals surface area (Å²) in [7, 11) is 0. The Morgan fingerprint density at radius 3 is 2.00 bits per heavy atom. The zero-order valence-corrected chi connectivity index (χ0v) is 10.9. The van der Waals surface area contributed by atoms with E-state index in [1.54, 1.807) is 0 Å². The normalized spacial score (nSPS) is 8.53. The Kier molecular flexibility index (Phi) is 9.12. The molecule has 98 valence electrons. The van der Waals surface area contributed by atoms with Gasteiger partial charge in [0.2, 0.25) is 0 Å². The van der Waals surface area contributed by atoms with E-state index in [0.29, 0.717) is 13.0 Å². The summed E-state index contributed by atoms with van der Waals surface area (Å²) in [6.07, 6.45) is 0.390. The number of hydrogen-bond acceptors (Lipinski definition) is 2. The largest absolute Gasteiger partial charge is 0.748 e. The molecule has 0 aliphatic rings. The summed E-state index contributed by atoms with van der Waals surface area (Å²) < 4.78 is 4.78. The molecule has 0 radical (unpaired) electrons. The van der Waals surface area contributed by atoms with E-state index in [4.69, 9.17) is 4.74 Å². The Bertz CT molecular complexity index is 346. The fourth-order valence-electron chi connectivity index (χ4n) is 1.23. The molecule has 0 unspecified atom stereocenters. The second-order valence-electron chi connectivity index (χ2n) is 3.24. The van der Waals surface area contributed by atoms with Crippen molar-refractivity contribution in [1.82, 2.24) is 0 Å². The van der Waals surface area contributed by atoms with Gasteiger partial charge in [-0.25, -0.2) is 12.1 Å². The molecule has 2 aromatic rings. The molecule has 0 aliphatic carbocycles. The Hall–Kier alpha value is -1.31. The van der Waals surface area contributed by atoms with Crippen molar-refractivity contribution in [3.63, 3.8) is 0 Å². The van der Waals surface area contributed by atoms with Crippen molar-refractivity contribution < 1.29 is 26.6 Å². The van der Waals surface area contributed by atoms with Crippen molar-refractivity contribution in [3.05, 3.63) is 60.2 Å². The van der Waals surface area contributed by atoms with E-state index < -0.39 is 0 Å². The van der Waals surface area contributed by atoms with Crippen LogP contribution in [0.5, 0.6) is 0 Å². The summed E-state index contributed by atoms with van der Waals surface area (Å²) >= 11 is 0. The Morgan fingerprint density at radius 2 is 1.59 bits per heavy atom. The molecular weight excluding hydrogens is 256 g/mol. The van der Waals surface area contributed by atoms with Gasteiger partial charge < -0.3 is 35.1 Å². The van der Waals surface area contributed by atoms with E-state index in [9.17, 15) is 4.79 Å². The van der Waals surface area contributed by atoms with Gasteiger partial charge in [-0.15, -0.1) is 5.56 Å². The molecule has 3 heteroatoms. The van der Waals surface area contributed by atoms with Gasteiger partial charge >= 0.3 is 0 Å². The maximum atomic E-state index is 10.9. The van der Waals surface area contributed by atoms with Crippen LogP contribution < -0.4 is 0 Å². The maximum absolute atomic E-state index is 10.9. The second-order valence-corrected chi connectivity index (χ2v) is 3.24. The fraction of sp³-hybridized carbons (Fsp3) is 0.214. The van der Waals surface area contributed by atoms with Crippen molar-refractivity contribution >= 4 is 5.97 Å². The summed E-state index contributed by atoms with van der Waals surface area (Å²) in [4.78, 5) is 10.9.